The molecular formula is C16H34O2S2. The van der Waals surface area contributed by atoms with Crippen molar-refractivity contribution in [1.82, 2.24) is 0 Å². The second-order valence-corrected chi connectivity index (χ2v) is 8.65. The van der Waals surface area contributed by atoms with Crippen molar-refractivity contribution in [2.75, 3.05) is 24.7 Å². The predicted molar refractivity (Wildman–Crippen MR) is 94.9 cm³/mol. The van der Waals surface area contributed by atoms with Gasteiger partial charge in [-0.3, -0.25) is 0 Å². The Morgan fingerprint density at radius 3 is 1.20 bits per heavy atom. The van der Waals surface area contributed by atoms with Gasteiger partial charge in [0.05, 0.1) is 13.2 Å². The van der Waals surface area contributed by atoms with Gasteiger partial charge in [0.1, 0.15) is 0 Å². The first-order valence-electron chi connectivity index (χ1n) is 8.15. The third-order valence-corrected chi connectivity index (χ3v) is 5.84. The molecule has 4 heteroatoms. The minimum Gasteiger partial charge on any atom is -0.395 e. The predicted octanol–water partition coefficient (Wildman–Crippen LogP) is 4.34. The van der Waals surface area contributed by atoms with Crippen LogP contribution in [-0.4, -0.2) is 45.4 Å². The number of hydrogen-bond donors (Lipinski definition) is 2. The van der Waals surface area contributed by atoms with E-state index < -0.39 is 0 Å². The van der Waals surface area contributed by atoms with Crippen molar-refractivity contribution in [3.8, 4) is 0 Å². The van der Waals surface area contributed by atoms with Crippen LogP contribution >= 0.6 is 23.5 Å². The summed E-state index contributed by atoms with van der Waals surface area (Å²) in [5.74, 6) is 2.39. The summed E-state index contributed by atoms with van der Waals surface area (Å²) in [5, 5.41) is 18.6. The molecule has 0 saturated heterocycles. The molecule has 2 atom stereocenters. The first kappa shape index (κ1) is 20.6. The van der Waals surface area contributed by atoms with Gasteiger partial charge in [-0.2, -0.15) is 23.5 Å². The van der Waals surface area contributed by atoms with Gasteiger partial charge in [-0.05, 0) is 24.3 Å². The molecule has 2 unspecified atom stereocenters. The van der Waals surface area contributed by atoms with Crippen molar-refractivity contribution >= 4 is 23.5 Å². The van der Waals surface area contributed by atoms with Crippen LogP contribution in [0, 0.1) is 0 Å². The lowest BCUT2D eigenvalue weighted by atomic mass is 10.1. The highest BCUT2D eigenvalue weighted by Gasteiger charge is 2.00. The van der Waals surface area contributed by atoms with Gasteiger partial charge >= 0.3 is 0 Å². The Morgan fingerprint density at radius 1 is 0.600 bits per heavy atom. The summed E-state index contributed by atoms with van der Waals surface area (Å²) in [5.41, 5.74) is 0. The molecule has 0 aromatic carbocycles. The SMILES string of the molecule is CC(CO)SCCCCCCCCCCSC(C)CO. The van der Waals surface area contributed by atoms with Crippen molar-refractivity contribution in [3.05, 3.63) is 0 Å². The summed E-state index contributed by atoms with van der Waals surface area (Å²) in [6.07, 6.45) is 10.8. The van der Waals surface area contributed by atoms with E-state index in [2.05, 4.69) is 13.8 Å². The van der Waals surface area contributed by atoms with E-state index >= 15 is 0 Å². The third-order valence-electron chi connectivity index (χ3n) is 3.36. The number of unbranched alkanes of at least 4 members (excludes halogenated alkanes) is 7. The van der Waals surface area contributed by atoms with Gasteiger partial charge in [0.15, 0.2) is 0 Å². The number of rotatable bonds is 15. The van der Waals surface area contributed by atoms with E-state index in [0.717, 1.165) is 0 Å². The second-order valence-electron chi connectivity index (χ2n) is 5.56. The Hall–Kier alpha value is 0.620. The fourth-order valence-electron chi connectivity index (χ4n) is 1.94. The van der Waals surface area contributed by atoms with Crippen LogP contribution < -0.4 is 0 Å². The average molecular weight is 323 g/mol. The van der Waals surface area contributed by atoms with Crippen molar-refractivity contribution < 1.29 is 10.2 Å². The van der Waals surface area contributed by atoms with Crippen LogP contribution in [0.15, 0.2) is 0 Å². The maximum Gasteiger partial charge on any atom is 0.0547 e. The molecule has 0 aliphatic carbocycles. The van der Waals surface area contributed by atoms with E-state index in [1.807, 2.05) is 23.5 Å². The minimum absolute atomic E-state index is 0.306. The molecule has 0 heterocycles. The maximum atomic E-state index is 8.91. The van der Waals surface area contributed by atoms with Crippen molar-refractivity contribution in [3.63, 3.8) is 0 Å². The number of hydrogen-bond acceptors (Lipinski definition) is 4. The molecule has 0 radical (unpaired) electrons. The highest BCUT2D eigenvalue weighted by atomic mass is 32.2. The second kappa shape index (κ2) is 16.0. The average Bonchev–Trinajstić information content (AvgIpc) is 2.47. The molecule has 0 fully saturated rings. The van der Waals surface area contributed by atoms with Crippen molar-refractivity contribution in [1.29, 1.82) is 0 Å². The van der Waals surface area contributed by atoms with E-state index in [0.29, 0.717) is 23.7 Å². The lowest BCUT2D eigenvalue weighted by Crippen LogP contribution is -2.02. The largest absolute Gasteiger partial charge is 0.395 e. The topological polar surface area (TPSA) is 40.5 Å². The lowest BCUT2D eigenvalue weighted by Gasteiger charge is -2.07. The quantitative estimate of drug-likeness (QED) is 0.440. The van der Waals surface area contributed by atoms with Gasteiger partial charge in [-0.25, -0.2) is 0 Å². The molecule has 2 nitrogen and oxygen atoms in total. The van der Waals surface area contributed by atoms with E-state index in [4.69, 9.17) is 10.2 Å². The van der Waals surface area contributed by atoms with Gasteiger partial charge in [0.2, 0.25) is 0 Å². The number of thioether (sulfide) groups is 2. The van der Waals surface area contributed by atoms with Crippen LogP contribution in [0.2, 0.25) is 0 Å². The van der Waals surface area contributed by atoms with Crippen LogP contribution in [0.3, 0.4) is 0 Å². The highest BCUT2D eigenvalue weighted by Crippen LogP contribution is 2.16. The molecule has 0 aliphatic heterocycles. The van der Waals surface area contributed by atoms with Crippen LogP contribution in [0.4, 0.5) is 0 Å². The molecule has 2 N–H and O–H groups in total. The smallest absolute Gasteiger partial charge is 0.0547 e. The molecule has 122 valence electrons. The molecule has 20 heavy (non-hydrogen) atoms. The molecule has 0 rings (SSSR count). The number of aliphatic hydroxyl groups is 2. The Labute approximate surface area is 134 Å². The molecule has 0 aromatic heterocycles. The van der Waals surface area contributed by atoms with Gasteiger partial charge in [0.25, 0.3) is 0 Å². The molecule has 0 aromatic rings. The van der Waals surface area contributed by atoms with E-state index in [1.54, 1.807) is 0 Å². The molecule has 0 bridgehead atoms. The fraction of sp³-hybridized carbons (Fsp3) is 1.00. The summed E-state index contributed by atoms with van der Waals surface area (Å²) in [7, 11) is 0. The first-order chi connectivity index (χ1) is 9.70. The molecule has 0 amide bonds. The monoisotopic (exact) mass is 322 g/mol. The van der Waals surface area contributed by atoms with Crippen molar-refractivity contribution in [2.45, 2.75) is 75.7 Å². The van der Waals surface area contributed by atoms with Crippen molar-refractivity contribution in [2.24, 2.45) is 0 Å². The first-order valence-corrected chi connectivity index (χ1v) is 10.2. The standard InChI is InChI=1S/C16H34O2S2/c1-15(13-17)19-11-9-7-5-3-4-6-8-10-12-20-16(2)14-18/h15-18H,3-14H2,1-2H3. The zero-order valence-corrected chi connectivity index (χ0v) is 15.0. The summed E-state index contributed by atoms with van der Waals surface area (Å²) < 4.78 is 0. The Kier molecular flexibility index (Phi) is 16.5. The fourth-order valence-corrected chi connectivity index (χ4v) is 3.70. The third kappa shape index (κ3) is 15.0. The number of aliphatic hydroxyl groups excluding tert-OH is 2. The van der Waals surface area contributed by atoms with Gasteiger partial charge in [-0.15, -0.1) is 0 Å². The Morgan fingerprint density at radius 2 is 0.900 bits per heavy atom. The van der Waals surface area contributed by atoms with Gasteiger partial charge < -0.3 is 10.2 Å². The Balaban J connectivity index is 3.03. The summed E-state index contributed by atoms with van der Waals surface area (Å²) in [4.78, 5) is 0. The maximum absolute atomic E-state index is 8.91. The van der Waals surface area contributed by atoms with Crippen LogP contribution in [0.5, 0.6) is 0 Å². The van der Waals surface area contributed by atoms with Gasteiger partial charge in [-0.1, -0.05) is 52.4 Å². The van der Waals surface area contributed by atoms with Crippen LogP contribution in [0.25, 0.3) is 0 Å². The minimum atomic E-state index is 0.306. The molecular weight excluding hydrogens is 288 g/mol. The molecule has 0 saturated carbocycles. The summed E-state index contributed by atoms with van der Waals surface area (Å²) >= 11 is 3.78. The van der Waals surface area contributed by atoms with Crippen LogP contribution in [-0.2, 0) is 0 Å². The van der Waals surface area contributed by atoms with E-state index in [-0.39, 0.29) is 0 Å². The molecule has 0 spiro atoms. The normalized spacial score (nSPS) is 14.4. The highest BCUT2D eigenvalue weighted by molar-refractivity contribution is 8.00. The zero-order valence-electron chi connectivity index (χ0n) is 13.4. The summed E-state index contributed by atoms with van der Waals surface area (Å²) in [6.45, 7) is 4.79. The van der Waals surface area contributed by atoms with Gasteiger partial charge in [0, 0.05) is 10.5 Å². The summed E-state index contributed by atoms with van der Waals surface area (Å²) in [6, 6.07) is 0. The lowest BCUT2D eigenvalue weighted by molar-refractivity contribution is 0.299. The Bertz CT molecular complexity index is 171. The molecule has 0 aliphatic rings. The van der Waals surface area contributed by atoms with E-state index in [1.165, 1.54) is 62.9 Å². The van der Waals surface area contributed by atoms with E-state index in [9.17, 15) is 0 Å². The zero-order chi connectivity index (χ0) is 15.1. The van der Waals surface area contributed by atoms with Crippen LogP contribution in [0.1, 0.15) is 65.2 Å².